The van der Waals surface area contributed by atoms with Crippen LogP contribution in [0.2, 0.25) is 0 Å². The molecule has 1 saturated heterocycles. The van der Waals surface area contributed by atoms with E-state index < -0.39 is 0 Å². The van der Waals surface area contributed by atoms with Crippen molar-refractivity contribution >= 4 is 5.69 Å². The predicted molar refractivity (Wildman–Crippen MR) is 69.9 cm³/mol. The van der Waals surface area contributed by atoms with Crippen LogP contribution in [0, 0.1) is 0 Å². The molecule has 0 aliphatic carbocycles. The molecular formula is C14H22N2. The summed E-state index contributed by atoms with van der Waals surface area (Å²) < 4.78 is 0. The predicted octanol–water partition coefficient (Wildman–Crippen LogP) is 2.57. The number of benzene rings is 1. The average molecular weight is 218 g/mol. The van der Waals surface area contributed by atoms with Crippen molar-refractivity contribution in [1.82, 2.24) is 0 Å². The molecule has 0 amide bonds. The van der Waals surface area contributed by atoms with Gasteiger partial charge < -0.3 is 10.6 Å². The van der Waals surface area contributed by atoms with Crippen molar-refractivity contribution in [2.24, 2.45) is 5.73 Å². The Morgan fingerprint density at radius 2 is 2.06 bits per heavy atom. The molecule has 1 heterocycles. The number of nitrogens with zero attached hydrogens (tertiary/aromatic N) is 1. The highest BCUT2D eigenvalue weighted by Crippen LogP contribution is 2.21. The number of piperidine rings is 1. The van der Waals surface area contributed by atoms with Crippen molar-refractivity contribution in [3.63, 3.8) is 0 Å². The molecule has 0 aromatic heterocycles. The summed E-state index contributed by atoms with van der Waals surface area (Å²) in [6.07, 6.45) is 4.64. The molecule has 1 aliphatic rings. The first-order valence-electron chi connectivity index (χ1n) is 6.39. The zero-order chi connectivity index (χ0) is 11.4. The second-order valence-electron chi connectivity index (χ2n) is 4.74. The van der Waals surface area contributed by atoms with E-state index in [9.17, 15) is 0 Å². The van der Waals surface area contributed by atoms with E-state index in [4.69, 9.17) is 5.73 Å². The molecule has 0 unspecified atom stereocenters. The number of hydrogen-bond donors (Lipinski definition) is 1. The van der Waals surface area contributed by atoms with Gasteiger partial charge in [-0.15, -0.1) is 0 Å². The Bertz CT molecular complexity index is 327. The number of anilines is 1. The molecule has 2 heteroatoms. The van der Waals surface area contributed by atoms with Crippen LogP contribution >= 0.6 is 0 Å². The minimum Gasteiger partial charge on any atom is -0.371 e. The third-order valence-corrected chi connectivity index (χ3v) is 3.35. The molecule has 1 aromatic carbocycles. The lowest BCUT2D eigenvalue weighted by Crippen LogP contribution is -2.39. The first-order chi connectivity index (χ1) is 7.79. The molecule has 0 atom stereocenters. The van der Waals surface area contributed by atoms with Gasteiger partial charge >= 0.3 is 0 Å². The van der Waals surface area contributed by atoms with Gasteiger partial charge in [0, 0.05) is 24.8 Å². The van der Waals surface area contributed by atoms with Gasteiger partial charge in [-0.05, 0) is 37.0 Å². The Kier molecular flexibility index (Phi) is 3.83. The molecule has 1 fully saturated rings. The zero-order valence-corrected chi connectivity index (χ0v) is 10.2. The number of hydrogen-bond acceptors (Lipinski definition) is 2. The van der Waals surface area contributed by atoms with Crippen LogP contribution in [0.1, 0.15) is 31.7 Å². The maximum atomic E-state index is 5.93. The van der Waals surface area contributed by atoms with Gasteiger partial charge in [0.15, 0.2) is 0 Å². The quantitative estimate of drug-likeness (QED) is 0.845. The van der Waals surface area contributed by atoms with Crippen LogP contribution in [0.5, 0.6) is 0 Å². The van der Waals surface area contributed by atoms with Crippen molar-refractivity contribution in [3.05, 3.63) is 29.8 Å². The van der Waals surface area contributed by atoms with E-state index >= 15 is 0 Å². The number of aryl methyl sites for hydroxylation is 1. The molecule has 0 radical (unpaired) electrons. The van der Waals surface area contributed by atoms with Crippen molar-refractivity contribution in [2.45, 2.75) is 38.6 Å². The van der Waals surface area contributed by atoms with E-state index in [2.05, 4.69) is 36.1 Å². The second kappa shape index (κ2) is 5.35. The Labute approximate surface area is 98.4 Å². The lowest BCUT2D eigenvalue weighted by atomic mass is 10.0. The fraction of sp³-hybridized carbons (Fsp3) is 0.571. The molecule has 2 nitrogen and oxygen atoms in total. The van der Waals surface area contributed by atoms with E-state index in [0.29, 0.717) is 6.04 Å². The summed E-state index contributed by atoms with van der Waals surface area (Å²) in [6, 6.07) is 9.36. The first-order valence-corrected chi connectivity index (χ1v) is 6.39. The molecule has 88 valence electrons. The monoisotopic (exact) mass is 218 g/mol. The van der Waals surface area contributed by atoms with E-state index in [0.717, 1.165) is 25.9 Å². The summed E-state index contributed by atoms with van der Waals surface area (Å²) in [5.74, 6) is 0. The van der Waals surface area contributed by atoms with Crippen LogP contribution in [0.15, 0.2) is 24.3 Å². The molecule has 2 rings (SSSR count). The van der Waals surface area contributed by atoms with Crippen molar-refractivity contribution in [3.8, 4) is 0 Å². The van der Waals surface area contributed by atoms with Crippen LogP contribution in [-0.4, -0.2) is 19.1 Å². The van der Waals surface area contributed by atoms with Crippen LogP contribution in [-0.2, 0) is 6.42 Å². The molecule has 16 heavy (non-hydrogen) atoms. The van der Waals surface area contributed by atoms with Gasteiger partial charge in [-0.2, -0.15) is 0 Å². The summed E-state index contributed by atoms with van der Waals surface area (Å²) in [6.45, 7) is 4.44. The van der Waals surface area contributed by atoms with Gasteiger partial charge in [0.2, 0.25) is 0 Å². The third kappa shape index (κ3) is 2.76. The minimum absolute atomic E-state index is 0.412. The highest BCUT2D eigenvalue weighted by Gasteiger charge is 2.16. The SMILES string of the molecule is CCCc1cccc(N2CCC(N)CC2)c1. The summed E-state index contributed by atoms with van der Waals surface area (Å²) in [5, 5.41) is 0. The molecule has 0 bridgehead atoms. The normalized spacial score (nSPS) is 17.8. The molecule has 1 aromatic rings. The molecule has 1 aliphatic heterocycles. The van der Waals surface area contributed by atoms with Gasteiger partial charge in [0.1, 0.15) is 0 Å². The highest BCUT2D eigenvalue weighted by atomic mass is 15.1. The number of nitrogens with two attached hydrogens (primary N) is 1. The van der Waals surface area contributed by atoms with Gasteiger partial charge in [0.25, 0.3) is 0 Å². The largest absolute Gasteiger partial charge is 0.371 e. The van der Waals surface area contributed by atoms with Crippen LogP contribution in [0.25, 0.3) is 0 Å². The number of rotatable bonds is 3. The zero-order valence-electron chi connectivity index (χ0n) is 10.2. The van der Waals surface area contributed by atoms with E-state index in [1.165, 1.54) is 24.1 Å². The van der Waals surface area contributed by atoms with E-state index in [-0.39, 0.29) is 0 Å². The summed E-state index contributed by atoms with van der Waals surface area (Å²) in [7, 11) is 0. The summed E-state index contributed by atoms with van der Waals surface area (Å²) >= 11 is 0. The van der Waals surface area contributed by atoms with Gasteiger partial charge in [0.05, 0.1) is 0 Å². The van der Waals surface area contributed by atoms with Gasteiger partial charge in [-0.25, -0.2) is 0 Å². The lowest BCUT2D eigenvalue weighted by molar-refractivity contribution is 0.501. The summed E-state index contributed by atoms with van der Waals surface area (Å²) in [5.41, 5.74) is 8.75. The van der Waals surface area contributed by atoms with Crippen LogP contribution in [0.4, 0.5) is 5.69 Å². The Balaban J connectivity index is 2.05. The molecule has 2 N–H and O–H groups in total. The lowest BCUT2D eigenvalue weighted by Gasteiger charge is -2.32. The highest BCUT2D eigenvalue weighted by molar-refractivity contribution is 5.49. The average Bonchev–Trinajstić information content (AvgIpc) is 2.31. The standard InChI is InChI=1S/C14H22N2/c1-2-4-12-5-3-6-14(11-12)16-9-7-13(15)8-10-16/h3,5-6,11,13H,2,4,7-10,15H2,1H3. The Morgan fingerprint density at radius 3 is 2.75 bits per heavy atom. The summed E-state index contributed by atoms with van der Waals surface area (Å²) in [4.78, 5) is 2.46. The molecule has 0 spiro atoms. The molecular weight excluding hydrogens is 196 g/mol. The van der Waals surface area contributed by atoms with Crippen LogP contribution < -0.4 is 10.6 Å². The topological polar surface area (TPSA) is 29.3 Å². The van der Waals surface area contributed by atoms with Crippen LogP contribution in [0.3, 0.4) is 0 Å². The van der Waals surface area contributed by atoms with Gasteiger partial charge in [-0.1, -0.05) is 25.5 Å². The van der Waals surface area contributed by atoms with E-state index in [1.807, 2.05) is 0 Å². The smallest absolute Gasteiger partial charge is 0.0368 e. The first kappa shape index (κ1) is 11.5. The van der Waals surface area contributed by atoms with Crippen molar-refractivity contribution < 1.29 is 0 Å². The fourth-order valence-electron chi connectivity index (χ4n) is 2.36. The van der Waals surface area contributed by atoms with E-state index in [1.54, 1.807) is 0 Å². The Morgan fingerprint density at radius 1 is 1.31 bits per heavy atom. The fourth-order valence-corrected chi connectivity index (χ4v) is 2.36. The second-order valence-corrected chi connectivity index (χ2v) is 4.74. The maximum absolute atomic E-state index is 5.93. The minimum atomic E-state index is 0.412. The maximum Gasteiger partial charge on any atom is 0.0368 e. The van der Waals surface area contributed by atoms with Gasteiger partial charge in [-0.3, -0.25) is 0 Å². The van der Waals surface area contributed by atoms with Crippen molar-refractivity contribution in [2.75, 3.05) is 18.0 Å². The van der Waals surface area contributed by atoms with Crippen molar-refractivity contribution in [1.29, 1.82) is 0 Å². The third-order valence-electron chi connectivity index (χ3n) is 3.35. The molecule has 0 saturated carbocycles. The Hall–Kier alpha value is -1.02.